The number of benzene rings is 1. The van der Waals surface area contributed by atoms with Crippen molar-refractivity contribution < 1.29 is 0 Å². The minimum atomic E-state index is 0.464. The molecule has 3 rings (SSSR count). The van der Waals surface area contributed by atoms with E-state index in [1.807, 2.05) is 11.8 Å². The summed E-state index contributed by atoms with van der Waals surface area (Å²) in [6.07, 6.45) is 4.69. The van der Waals surface area contributed by atoms with Gasteiger partial charge in [-0.1, -0.05) is 30.8 Å². The van der Waals surface area contributed by atoms with Crippen LogP contribution in [0.5, 0.6) is 0 Å². The Bertz CT molecular complexity index is 708. The molecule has 1 atom stereocenters. The van der Waals surface area contributed by atoms with Gasteiger partial charge in [0.2, 0.25) is 0 Å². The van der Waals surface area contributed by atoms with Gasteiger partial charge in [0.25, 0.3) is 0 Å². The number of likely N-dealkylation sites (N-methyl/N-ethyl adjacent to an activating group) is 1. The van der Waals surface area contributed by atoms with Gasteiger partial charge in [-0.05, 0) is 41.8 Å². The first-order valence-corrected chi connectivity index (χ1v) is 8.51. The topological polar surface area (TPSA) is 6.48 Å². The maximum absolute atomic E-state index is 2.36. The molecule has 0 radical (unpaired) electrons. The summed E-state index contributed by atoms with van der Waals surface area (Å²) in [6, 6.07) is 6.79. The molecule has 0 spiro atoms. The van der Waals surface area contributed by atoms with E-state index in [4.69, 9.17) is 0 Å². The number of fused-ring (bicyclic) bond motifs is 2. The van der Waals surface area contributed by atoms with Crippen molar-refractivity contribution in [3.8, 4) is 0 Å². The number of thioether (sulfide) groups is 1. The fraction of sp³-hybridized carbons (Fsp3) is 0.368. The molecule has 1 unspecified atom stereocenters. The van der Waals surface area contributed by atoms with E-state index in [2.05, 4.69) is 82.2 Å². The zero-order valence-electron chi connectivity index (χ0n) is 14.3. The first-order chi connectivity index (χ1) is 10.4. The highest BCUT2D eigenvalue weighted by Crippen LogP contribution is 2.50. The molecule has 0 bridgehead atoms. The van der Waals surface area contributed by atoms with Crippen LogP contribution < -0.4 is 4.90 Å². The largest absolute Gasteiger partial charge is 0.378 e. The molecule has 0 saturated carbocycles. The van der Waals surface area contributed by atoms with Crippen LogP contribution in [0.2, 0.25) is 0 Å². The smallest absolute Gasteiger partial charge is 0.0372 e. The summed E-state index contributed by atoms with van der Waals surface area (Å²) in [7, 11) is 8.42. The second-order valence-corrected chi connectivity index (χ2v) is 7.58. The quantitative estimate of drug-likeness (QED) is 0.787. The molecule has 3 heteroatoms. The van der Waals surface area contributed by atoms with Gasteiger partial charge in [0.05, 0.1) is 0 Å². The molecule has 0 aromatic heterocycles. The highest BCUT2D eigenvalue weighted by Gasteiger charge is 2.27. The normalized spacial score (nSPS) is 20.0. The Labute approximate surface area is 138 Å². The first kappa shape index (κ1) is 15.3. The van der Waals surface area contributed by atoms with Crippen molar-refractivity contribution in [2.45, 2.75) is 18.7 Å². The average Bonchev–Trinajstić information content (AvgIpc) is 2.45. The molecule has 0 saturated heterocycles. The molecule has 2 nitrogen and oxygen atoms in total. The lowest BCUT2D eigenvalue weighted by atomic mass is 9.87. The minimum Gasteiger partial charge on any atom is -0.378 e. The number of anilines is 1. The van der Waals surface area contributed by atoms with E-state index in [0.29, 0.717) is 5.92 Å². The van der Waals surface area contributed by atoms with E-state index in [1.165, 1.54) is 37.9 Å². The van der Waals surface area contributed by atoms with E-state index < -0.39 is 0 Å². The predicted octanol–water partition coefficient (Wildman–Crippen LogP) is 4.61. The second-order valence-electron chi connectivity index (χ2n) is 6.50. The van der Waals surface area contributed by atoms with Crippen molar-refractivity contribution in [1.82, 2.24) is 4.90 Å². The zero-order chi connectivity index (χ0) is 16.0. The van der Waals surface area contributed by atoms with Gasteiger partial charge in [0.15, 0.2) is 0 Å². The molecule has 2 aliphatic rings. The number of rotatable bonds is 2. The van der Waals surface area contributed by atoms with Crippen LogP contribution in [-0.4, -0.2) is 33.1 Å². The molecule has 22 heavy (non-hydrogen) atoms. The van der Waals surface area contributed by atoms with Crippen LogP contribution in [0.25, 0.3) is 5.57 Å². The average molecular weight is 312 g/mol. The van der Waals surface area contributed by atoms with Gasteiger partial charge < -0.3 is 9.80 Å². The summed E-state index contributed by atoms with van der Waals surface area (Å²) in [5, 5.41) is 0. The van der Waals surface area contributed by atoms with Crippen molar-refractivity contribution in [3.05, 3.63) is 52.1 Å². The van der Waals surface area contributed by atoms with Crippen LogP contribution in [0.3, 0.4) is 0 Å². The standard InChI is InChI=1S/C19H24N2S/c1-12-9-15(21(5)6)11-18-19(12)13(2)16-8-7-14(20(3)4)10-17(16)22-18/h7-12H,1-6H3. The second kappa shape index (κ2) is 5.54. The Morgan fingerprint density at radius 2 is 1.77 bits per heavy atom. The van der Waals surface area contributed by atoms with Crippen LogP contribution in [0, 0.1) is 5.92 Å². The van der Waals surface area contributed by atoms with Crippen LogP contribution in [0.4, 0.5) is 5.69 Å². The molecule has 0 fully saturated rings. The maximum Gasteiger partial charge on any atom is 0.0372 e. The van der Waals surface area contributed by atoms with Crippen molar-refractivity contribution in [2.24, 2.45) is 5.92 Å². The third kappa shape index (κ3) is 2.48. The van der Waals surface area contributed by atoms with E-state index in [1.54, 1.807) is 0 Å². The number of hydrogen-bond donors (Lipinski definition) is 0. The van der Waals surface area contributed by atoms with E-state index in [9.17, 15) is 0 Å². The lowest BCUT2D eigenvalue weighted by Crippen LogP contribution is -2.17. The number of nitrogens with zero attached hydrogens (tertiary/aromatic N) is 2. The summed E-state index contributed by atoms with van der Waals surface area (Å²) < 4.78 is 0. The van der Waals surface area contributed by atoms with E-state index in [0.717, 1.165) is 0 Å². The van der Waals surface area contributed by atoms with Crippen LogP contribution >= 0.6 is 11.8 Å². The highest BCUT2D eigenvalue weighted by molar-refractivity contribution is 8.03. The molecule has 116 valence electrons. The molecular formula is C19H24N2S. The molecule has 1 aromatic carbocycles. The lowest BCUT2D eigenvalue weighted by molar-refractivity contribution is 0.520. The molecule has 0 N–H and O–H groups in total. The summed E-state index contributed by atoms with van der Waals surface area (Å²) in [4.78, 5) is 7.13. The van der Waals surface area contributed by atoms with E-state index >= 15 is 0 Å². The molecule has 1 aliphatic heterocycles. The van der Waals surface area contributed by atoms with Gasteiger partial charge in [0, 0.05) is 55.3 Å². The fourth-order valence-electron chi connectivity index (χ4n) is 3.16. The monoisotopic (exact) mass is 312 g/mol. The first-order valence-electron chi connectivity index (χ1n) is 7.70. The van der Waals surface area contributed by atoms with Gasteiger partial charge >= 0.3 is 0 Å². The minimum absolute atomic E-state index is 0.464. The number of hydrogen-bond acceptors (Lipinski definition) is 3. The summed E-state index contributed by atoms with van der Waals surface area (Å²) in [5.74, 6) is 0.464. The summed E-state index contributed by atoms with van der Waals surface area (Å²) in [6.45, 7) is 4.57. The number of allylic oxidation sites excluding steroid dienone is 4. The molecule has 1 aromatic rings. The van der Waals surface area contributed by atoms with Crippen molar-refractivity contribution in [2.75, 3.05) is 33.1 Å². The third-order valence-corrected chi connectivity index (χ3v) is 5.56. The fourth-order valence-corrected chi connectivity index (χ4v) is 4.54. The maximum atomic E-state index is 2.36. The zero-order valence-corrected chi connectivity index (χ0v) is 15.1. The molecule has 1 aliphatic carbocycles. The Kier molecular flexibility index (Phi) is 3.85. The van der Waals surface area contributed by atoms with Gasteiger partial charge in [-0.15, -0.1) is 0 Å². The van der Waals surface area contributed by atoms with Crippen LogP contribution in [0.1, 0.15) is 19.4 Å². The van der Waals surface area contributed by atoms with Crippen LogP contribution in [0.15, 0.2) is 51.4 Å². The lowest BCUT2D eigenvalue weighted by Gasteiger charge is -2.32. The predicted molar refractivity (Wildman–Crippen MR) is 98.2 cm³/mol. The molecule has 0 amide bonds. The Hall–Kier alpha value is -1.61. The SMILES string of the molecule is CC1=C2C(=CC(N(C)C)=CC2C)Sc2cc(N(C)C)ccc21. The Morgan fingerprint density at radius 3 is 2.41 bits per heavy atom. The third-order valence-electron chi connectivity index (χ3n) is 4.45. The highest BCUT2D eigenvalue weighted by atomic mass is 32.2. The van der Waals surface area contributed by atoms with Gasteiger partial charge in [0.1, 0.15) is 0 Å². The van der Waals surface area contributed by atoms with Gasteiger partial charge in [-0.3, -0.25) is 0 Å². The van der Waals surface area contributed by atoms with Crippen LogP contribution in [-0.2, 0) is 0 Å². The van der Waals surface area contributed by atoms with Crippen molar-refractivity contribution in [3.63, 3.8) is 0 Å². The Morgan fingerprint density at radius 1 is 1.05 bits per heavy atom. The van der Waals surface area contributed by atoms with E-state index in [-0.39, 0.29) is 0 Å². The molecular weight excluding hydrogens is 288 g/mol. The van der Waals surface area contributed by atoms with Gasteiger partial charge in [-0.2, -0.15) is 0 Å². The molecule has 1 heterocycles. The summed E-state index contributed by atoms with van der Waals surface area (Å²) >= 11 is 1.91. The summed E-state index contributed by atoms with van der Waals surface area (Å²) in [5.41, 5.74) is 6.86. The Balaban J connectivity index is 2.12. The van der Waals surface area contributed by atoms with Crippen molar-refractivity contribution in [1.29, 1.82) is 0 Å². The van der Waals surface area contributed by atoms with Gasteiger partial charge in [-0.25, -0.2) is 0 Å². The van der Waals surface area contributed by atoms with Crippen molar-refractivity contribution >= 4 is 23.0 Å².